The van der Waals surface area contributed by atoms with Gasteiger partial charge in [0.15, 0.2) is 0 Å². The number of carboxylic acids is 1. The van der Waals surface area contributed by atoms with Gasteiger partial charge in [0.2, 0.25) is 17.7 Å². The summed E-state index contributed by atoms with van der Waals surface area (Å²) in [7, 11) is 0. The van der Waals surface area contributed by atoms with E-state index in [1.807, 2.05) is 6.26 Å². The van der Waals surface area contributed by atoms with Gasteiger partial charge in [-0.15, -0.1) is 0 Å². The molecule has 0 aliphatic heterocycles. The Balaban J connectivity index is 2.73. The fraction of sp³-hybridized carbons (Fsp3) is 0.632. The van der Waals surface area contributed by atoms with Crippen molar-refractivity contribution in [2.75, 3.05) is 12.0 Å². The Hall–Kier alpha value is -2.60. The zero-order chi connectivity index (χ0) is 23.6. The minimum Gasteiger partial charge on any atom is -0.480 e. The van der Waals surface area contributed by atoms with Crippen LogP contribution in [0.1, 0.15) is 32.9 Å². The number of nitrogens with one attached hydrogen (secondary N) is 4. The number of aliphatic carboxylic acids is 1. The largest absolute Gasteiger partial charge is 0.480 e. The molecular formula is C19H32N6O5S. The lowest BCUT2D eigenvalue weighted by Gasteiger charge is -2.24. The highest BCUT2D eigenvalue weighted by Crippen LogP contribution is 2.05. The van der Waals surface area contributed by atoms with Crippen molar-refractivity contribution in [2.24, 2.45) is 11.7 Å². The Morgan fingerprint density at radius 2 is 1.74 bits per heavy atom. The van der Waals surface area contributed by atoms with E-state index in [1.165, 1.54) is 31.2 Å². The zero-order valence-electron chi connectivity index (χ0n) is 18.2. The van der Waals surface area contributed by atoms with Crippen molar-refractivity contribution in [3.8, 4) is 0 Å². The lowest BCUT2D eigenvalue weighted by molar-refractivity contribution is -0.142. The van der Waals surface area contributed by atoms with Crippen molar-refractivity contribution in [3.05, 3.63) is 18.2 Å². The van der Waals surface area contributed by atoms with Gasteiger partial charge in [-0.25, -0.2) is 9.78 Å². The van der Waals surface area contributed by atoms with E-state index in [2.05, 4.69) is 25.9 Å². The average molecular weight is 457 g/mol. The number of carboxylic acid groups (broad SMARTS) is 1. The number of hydrogen-bond acceptors (Lipinski definition) is 7. The second kappa shape index (κ2) is 13.0. The van der Waals surface area contributed by atoms with Crippen LogP contribution in [0.2, 0.25) is 0 Å². The second-order valence-corrected chi connectivity index (χ2v) is 8.51. The molecule has 0 saturated heterocycles. The van der Waals surface area contributed by atoms with E-state index in [0.717, 1.165) is 0 Å². The van der Waals surface area contributed by atoms with Gasteiger partial charge in [0.1, 0.15) is 18.1 Å². The Bertz CT molecular complexity index is 742. The van der Waals surface area contributed by atoms with Crippen LogP contribution in [0.3, 0.4) is 0 Å². The van der Waals surface area contributed by atoms with Gasteiger partial charge in [0, 0.05) is 18.3 Å². The lowest BCUT2D eigenvalue weighted by Crippen LogP contribution is -2.57. The van der Waals surface area contributed by atoms with Gasteiger partial charge in [-0.1, -0.05) is 13.8 Å². The van der Waals surface area contributed by atoms with Gasteiger partial charge in [-0.3, -0.25) is 14.4 Å². The quantitative estimate of drug-likeness (QED) is 0.224. The molecule has 0 aliphatic rings. The SMILES string of the molecule is CSCCC(NC(=O)C(N)C(C)C)C(=O)NC(C)C(=O)NC(Cc1cnc[nH]1)C(=O)O. The Labute approximate surface area is 185 Å². The van der Waals surface area contributed by atoms with E-state index >= 15 is 0 Å². The molecule has 7 N–H and O–H groups in total. The molecule has 31 heavy (non-hydrogen) atoms. The van der Waals surface area contributed by atoms with Crippen molar-refractivity contribution >= 4 is 35.5 Å². The van der Waals surface area contributed by atoms with Crippen LogP contribution in [0.25, 0.3) is 0 Å². The standard InChI is InChI=1S/C19H32N6O5S/c1-10(2)15(20)18(28)24-13(5-6-31-4)17(27)23-11(3)16(26)25-14(19(29)30)7-12-8-21-9-22-12/h8-11,13-15H,5-7,20H2,1-4H3,(H,21,22)(H,23,27)(H,24,28)(H,25,26)(H,29,30). The van der Waals surface area contributed by atoms with Gasteiger partial charge in [0.25, 0.3) is 0 Å². The van der Waals surface area contributed by atoms with Crippen LogP contribution in [0.5, 0.6) is 0 Å². The number of aromatic amines is 1. The van der Waals surface area contributed by atoms with Crippen LogP contribution in [-0.4, -0.2) is 74.9 Å². The summed E-state index contributed by atoms with van der Waals surface area (Å²) in [5.74, 6) is -2.35. The summed E-state index contributed by atoms with van der Waals surface area (Å²) in [6, 6.07) is -3.82. The lowest BCUT2D eigenvalue weighted by atomic mass is 10.0. The molecule has 174 valence electrons. The predicted molar refractivity (Wildman–Crippen MR) is 117 cm³/mol. The maximum Gasteiger partial charge on any atom is 0.326 e. The fourth-order valence-corrected chi connectivity index (χ4v) is 3.04. The fourth-order valence-electron chi connectivity index (χ4n) is 2.57. The number of rotatable bonds is 13. The smallest absolute Gasteiger partial charge is 0.326 e. The molecule has 3 amide bonds. The summed E-state index contributed by atoms with van der Waals surface area (Å²) < 4.78 is 0. The van der Waals surface area contributed by atoms with Crippen LogP contribution in [0.4, 0.5) is 0 Å². The number of hydrogen-bond donors (Lipinski definition) is 6. The molecule has 1 heterocycles. The van der Waals surface area contributed by atoms with E-state index in [4.69, 9.17) is 5.73 Å². The first-order valence-electron chi connectivity index (χ1n) is 9.92. The molecule has 1 aromatic heterocycles. The molecule has 12 heteroatoms. The number of imidazole rings is 1. The van der Waals surface area contributed by atoms with Crippen molar-refractivity contribution < 1.29 is 24.3 Å². The highest BCUT2D eigenvalue weighted by atomic mass is 32.2. The molecular weight excluding hydrogens is 424 g/mol. The number of thioether (sulfide) groups is 1. The molecule has 0 aliphatic carbocycles. The molecule has 4 unspecified atom stereocenters. The van der Waals surface area contributed by atoms with Gasteiger partial charge in [0.05, 0.1) is 12.4 Å². The number of nitrogens with zero attached hydrogens (tertiary/aromatic N) is 1. The number of amides is 3. The topological polar surface area (TPSA) is 179 Å². The van der Waals surface area contributed by atoms with Crippen molar-refractivity contribution in [1.29, 1.82) is 0 Å². The van der Waals surface area contributed by atoms with Crippen LogP contribution < -0.4 is 21.7 Å². The maximum absolute atomic E-state index is 12.7. The first-order chi connectivity index (χ1) is 14.6. The summed E-state index contributed by atoms with van der Waals surface area (Å²) in [5, 5.41) is 16.9. The first kappa shape index (κ1) is 26.4. The highest BCUT2D eigenvalue weighted by molar-refractivity contribution is 7.98. The average Bonchev–Trinajstić information content (AvgIpc) is 3.22. The summed E-state index contributed by atoms with van der Waals surface area (Å²) in [6.45, 7) is 5.04. The van der Waals surface area contributed by atoms with Gasteiger partial charge >= 0.3 is 5.97 Å². The van der Waals surface area contributed by atoms with E-state index < -0.39 is 47.9 Å². The Morgan fingerprint density at radius 1 is 1.10 bits per heavy atom. The third-order valence-electron chi connectivity index (χ3n) is 4.61. The van der Waals surface area contributed by atoms with Crippen LogP contribution in [-0.2, 0) is 25.6 Å². The number of carbonyl (C=O) groups excluding carboxylic acids is 3. The van der Waals surface area contributed by atoms with Gasteiger partial charge in [-0.2, -0.15) is 11.8 Å². The molecule has 0 bridgehead atoms. The monoisotopic (exact) mass is 456 g/mol. The molecule has 0 aromatic carbocycles. The zero-order valence-corrected chi connectivity index (χ0v) is 19.0. The molecule has 1 aromatic rings. The Morgan fingerprint density at radius 3 is 2.26 bits per heavy atom. The summed E-state index contributed by atoms with van der Waals surface area (Å²) in [6.07, 6.45) is 5.12. The summed E-state index contributed by atoms with van der Waals surface area (Å²) in [4.78, 5) is 55.5. The predicted octanol–water partition coefficient (Wildman–Crippen LogP) is -0.752. The van der Waals surface area contributed by atoms with E-state index in [-0.39, 0.29) is 12.3 Å². The second-order valence-electron chi connectivity index (χ2n) is 7.52. The Kier molecular flexibility index (Phi) is 11.0. The minimum absolute atomic E-state index is 0.0151. The maximum atomic E-state index is 12.7. The van der Waals surface area contributed by atoms with E-state index in [9.17, 15) is 24.3 Å². The van der Waals surface area contributed by atoms with Crippen molar-refractivity contribution in [2.45, 2.75) is 57.8 Å². The molecule has 1 rings (SSSR count). The van der Waals surface area contributed by atoms with Crippen LogP contribution in [0.15, 0.2) is 12.5 Å². The number of aromatic nitrogens is 2. The summed E-state index contributed by atoms with van der Waals surface area (Å²) in [5.41, 5.74) is 6.40. The highest BCUT2D eigenvalue weighted by Gasteiger charge is 2.29. The number of H-pyrrole nitrogens is 1. The molecule has 0 fully saturated rings. The number of nitrogens with two attached hydrogens (primary N) is 1. The van der Waals surface area contributed by atoms with Crippen LogP contribution in [0, 0.1) is 5.92 Å². The van der Waals surface area contributed by atoms with Crippen LogP contribution >= 0.6 is 11.8 Å². The number of carbonyl (C=O) groups is 4. The molecule has 0 spiro atoms. The minimum atomic E-state index is -1.21. The van der Waals surface area contributed by atoms with Gasteiger partial charge in [-0.05, 0) is 31.3 Å². The van der Waals surface area contributed by atoms with Crippen molar-refractivity contribution in [1.82, 2.24) is 25.9 Å². The molecule has 11 nitrogen and oxygen atoms in total. The van der Waals surface area contributed by atoms with Gasteiger partial charge < -0.3 is 31.8 Å². The first-order valence-corrected chi connectivity index (χ1v) is 11.3. The van der Waals surface area contributed by atoms with E-state index in [1.54, 1.807) is 13.8 Å². The van der Waals surface area contributed by atoms with Crippen molar-refractivity contribution in [3.63, 3.8) is 0 Å². The van der Waals surface area contributed by atoms with E-state index in [0.29, 0.717) is 17.9 Å². The molecule has 0 saturated carbocycles. The third-order valence-corrected chi connectivity index (χ3v) is 5.25. The third kappa shape index (κ3) is 8.97. The molecule has 4 atom stereocenters. The normalized spacial score (nSPS) is 14.9. The molecule has 0 radical (unpaired) electrons. The summed E-state index contributed by atoms with van der Waals surface area (Å²) >= 11 is 1.51.